The molecule has 0 saturated heterocycles. The monoisotopic (exact) mass is 287 g/mol. The summed E-state index contributed by atoms with van der Waals surface area (Å²) in [4.78, 5) is 22.3. The van der Waals surface area contributed by atoms with Gasteiger partial charge < -0.3 is 10.4 Å². The fourth-order valence-electron chi connectivity index (χ4n) is 1.54. The minimum absolute atomic E-state index is 0.0107. The first kappa shape index (κ1) is 15.0. The number of hydrogen-bond donors (Lipinski definition) is 2. The van der Waals surface area contributed by atoms with E-state index in [1.54, 1.807) is 11.3 Å². The Morgan fingerprint density at radius 3 is 2.89 bits per heavy atom. The maximum absolute atomic E-state index is 11.7. The van der Waals surface area contributed by atoms with Crippen LogP contribution in [0.1, 0.15) is 26.2 Å². The number of thioether (sulfide) groups is 1. The summed E-state index contributed by atoms with van der Waals surface area (Å²) in [7, 11) is 0. The summed E-state index contributed by atoms with van der Waals surface area (Å²) in [6.07, 6.45) is 1.54. The van der Waals surface area contributed by atoms with E-state index in [0.717, 1.165) is 10.6 Å². The Hall–Kier alpha value is -1.01. The molecule has 6 heteroatoms. The lowest BCUT2D eigenvalue weighted by atomic mass is 10.1. The second-order valence-electron chi connectivity index (χ2n) is 3.87. The van der Waals surface area contributed by atoms with E-state index in [-0.39, 0.29) is 18.4 Å². The quantitative estimate of drug-likeness (QED) is 0.721. The zero-order valence-corrected chi connectivity index (χ0v) is 11.9. The number of rotatable bonds is 8. The van der Waals surface area contributed by atoms with Crippen LogP contribution in [0.2, 0.25) is 0 Å². The lowest BCUT2D eigenvalue weighted by Crippen LogP contribution is -2.37. The number of aliphatic carboxylic acids is 1. The minimum atomic E-state index is -0.875. The lowest BCUT2D eigenvalue weighted by molar-refractivity contribution is -0.137. The van der Waals surface area contributed by atoms with Gasteiger partial charge in [-0.05, 0) is 17.9 Å². The molecule has 100 valence electrons. The van der Waals surface area contributed by atoms with Gasteiger partial charge in [0.2, 0.25) is 5.91 Å². The zero-order chi connectivity index (χ0) is 13.4. The number of carboxylic acids is 1. The highest BCUT2D eigenvalue weighted by atomic mass is 32.2. The van der Waals surface area contributed by atoms with Crippen molar-refractivity contribution >= 4 is 35.0 Å². The van der Waals surface area contributed by atoms with Crippen molar-refractivity contribution in [3.63, 3.8) is 0 Å². The molecular formula is C12H17NO3S2. The molecule has 0 aromatic carbocycles. The van der Waals surface area contributed by atoms with Gasteiger partial charge in [0.1, 0.15) is 0 Å². The van der Waals surface area contributed by atoms with Crippen molar-refractivity contribution in [2.45, 2.75) is 36.4 Å². The van der Waals surface area contributed by atoms with Crippen LogP contribution in [0.15, 0.2) is 21.7 Å². The van der Waals surface area contributed by atoms with E-state index >= 15 is 0 Å². The third kappa shape index (κ3) is 6.07. The van der Waals surface area contributed by atoms with E-state index in [4.69, 9.17) is 5.11 Å². The molecule has 4 nitrogen and oxygen atoms in total. The van der Waals surface area contributed by atoms with E-state index in [1.807, 2.05) is 24.4 Å². The summed E-state index contributed by atoms with van der Waals surface area (Å²) in [5.41, 5.74) is 0. The van der Waals surface area contributed by atoms with Gasteiger partial charge in [0.15, 0.2) is 0 Å². The fourth-order valence-corrected chi connectivity index (χ4v) is 3.13. The van der Waals surface area contributed by atoms with Crippen LogP contribution in [0.25, 0.3) is 0 Å². The molecule has 1 unspecified atom stereocenters. The van der Waals surface area contributed by atoms with Gasteiger partial charge in [-0.1, -0.05) is 19.4 Å². The van der Waals surface area contributed by atoms with Gasteiger partial charge in [-0.25, -0.2) is 0 Å². The Labute approximate surface area is 115 Å². The Balaban J connectivity index is 2.33. The molecule has 1 atom stereocenters. The third-order valence-corrected chi connectivity index (χ3v) is 4.39. The van der Waals surface area contributed by atoms with Gasteiger partial charge in [-0.15, -0.1) is 23.1 Å². The molecule has 1 heterocycles. The zero-order valence-electron chi connectivity index (χ0n) is 10.2. The predicted molar refractivity (Wildman–Crippen MR) is 74.1 cm³/mol. The normalized spacial score (nSPS) is 12.1. The van der Waals surface area contributed by atoms with Gasteiger partial charge in [-0.3, -0.25) is 9.59 Å². The number of hydrogen-bond acceptors (Lipinski definition) is 4. The molecule has 2 N–H and O–H groups in total. The van der Waals surface area contributed by atoms with Crippen LogP contribution in [0.5, 0.6) is 0 Å². The van der Waals surface area contributed by atoms with Crippen molar-refractivity contribution < 1.29 is 14.7 Å². The Morgan fingerprint density at radius 1 is 1.56 bits per heavy atom. The highest BCUT2D eigenvalue weighted by molar-refractivity contribution is 8.01. The van der Waals surface area contributed by atoms with Crippen LogP contribution in [-0.4, -0.2) is 28.8 Å². The summed E-state index contributed by atoms with van der Waals surface area (Å²) in [6, 6.07) is 3.64. The summed E-state index contributed by atoms with van der Waals surface area (Å²) >= 11 is 3.07. The molecule has 0 aliphatic carbocycles. The fraction of sp³-hybridized carbons (Fsp3) is 0.500. The number of thiophene rings is 1. The average Bonchev–Trinajstić information content (AvgIpc) is 2.78. The molecule has 0 saturated carbocycles. The third-order valence-electron chi connectivity index (χ3n) is 2.26. The number of nitrogens with one attached hydrogen (secondary N) is 1. The summed E-state index contributed by atoms with van der Waals surface area (Å²) < 4.78 is 1.09. The lowest BCUT2D eigenvalue weighted by Gasteiger charge is -2.15. The van der Waals surface area contributed by atoms with Gasteiger partial charge >= 0.3 is 5.97 Å². The molecule has 0 aliphatic heterocycles. The number of carbonyl (C=O) groups is 2. The van der Waals surface area contributed by atoms with Gasteiger partial charge in [0.05, 0.1) is 16.4 Å². The Bertz CT molecular complexity index is 379. The van der Waals surface area contributed by atoms with Gasteiger partial charge in [0, 0.05) is 6.04 Å². The van der Waals surface area contributed by atoms with Crippen molar-refractivity contribution in [3.05, 3.63) is 17.5 Å². The van der Waals surface area contributed by atoms with E-state index in [0.29, 0.717) is 12.2 Å². The molecule has 0 spiro atoms. The molecule has 1 rings (SSSR count). The van der Waals surface area contributed by atoms with E-state index in [2.05, 4.69) is 5.32 Å². The molecule has 1 aromatic heterocycles. The SMILES string of the molecule is CCCC(CC(=O)O)NC(=O)CSc1cccs1. The second-order valence-corrected chi connectivity index (χ2v) is 6.10. The van der Waals surface area contributed by atoms with Crippen LogP contribution >= 0.6 is 23.1 Å². The highest BCUT2D eigenvalue weighted by Gasteiger charge is 2.15. The van der Waals surface area contributed by atoms with E-state index < -0.39 is 5.97 Å². The summed E-state index contributed by atoms with van der Waals surface area (Å²) in [5, 5.41) is 13.5. The number of carboxylic acid groups (broad SMARTS) is 1. The molecule has 1 amide bonds. The Kier molecular flexibility index (Phi) is 6.82. The first-order valence-corrected chi connectivity index (χ1v) is 7.65. The van der Waals surface area contributed by atoms with Crippen molar-refractivity contribution in [3.8, 4) is 0 Å². The van der Waals surface area contributed by atoms with Crippen molar-refractivity contribution in [1.82, 2.24) is 5.32 Å². The molecule has 18 heavy (non-hydrogen) atoms. The van der Waals surface area contributed by atoms with E-state index in [1.165, 1.54) is 11.8 Å². The maximum Gasteiger partial charge on any atom is 0.305 e. The van der Waals surface area contributed by atoms with Gasteiger partial charge in [-0.2, -0.15) is 0 Å². The standard InChI is InChI=1S/C12H17NO3S2/c1-2-4-9(7-11(15)16)13-10(14)8-18-12-5-3-6-17-12/h3,5-6,9H,2,4,7-8H2,1H3,(H,13,14)(H,15,16). The van der Waals surface area contributed by atoms with E-state index in [9.17, 15) is 9.59 Å². The second kappa shape index (κ2) is 8.16. The largest absolute Gasteiger partial charge is 0.481 e. The number of amides is 1. The van der Waals surface area contributed by atoms with Crippen LogP contribution in [0.3, 0.4) is 0 Å². The first-order valence-electron chi connectivity index (χ1n) is 5.79. The van der Waals surface area contributed by atoms with Gasteiger partial charge in [0.25, 0.3) is 0 Å². The molecule has 0 bridgehead atoms. The summed E-state index contributed by atoms with van der Waals surface area (Å²) in [6.45, 7) is 1.97. The molecular weight excluding hydrogens is 270 g/mol. The molecule has 0 aliphatic rings. The highest BCUT2D eigenvalue weighted by Crippen LogP contribution is 2.22. The van der Waals surface area contributed by atoms with Crippen LogP contribution < -0.4 is 5.32 Å². The topological polar surface area (TPSA) is 66.4 Å². The molecule has 1 aromatic rings. The first-order chi connectivity index (χ1) is 8.61. The van der Waals surface area contributed by atoms with Crippen LogP contribution in [0, 0.1) is 0 Å². The molecule has 0 fully saturated rings. The van der Waals surface area contributed by atoms with Crippen LogP contribution in [0.4, 0.5) is 0 Å². The summed E-state index contributed by atoms with van der Waals surface area (Å²) in [5.74, 6) is -0.645. The van der Waals surface area contributed by atoms with Crippen molar-refractivity contribution in [2.24, 2.45) is 0 Å². The predicted octanol–water partition coefficient (Wildman–Crippen LogP) is 2.60. The minimum Gasteiger partial charge on any atom is -0.481 e. The smallest absolute Gasteiger partial charge is 0.305 e. The number of carbonyl (C=O) groups excluding carboxylic acids is 1. The van der Waals surface area contributed by atoms with Crippen molar-refractivity contribution in [1.29, 1.82) is 0 Å². The van der Waals surface area contributed by atoms with Crippen LogP contribution in [-0.2, 0) is 9.59 Å². The van der Waals surface area contributed by atoms with Crippen molar-refractivity contribution in [2.75, 3.05) is 5.75 Å². The average molecular weight is 287 g/mol. The molecule has 0 radical (unpaired) electrons. The Morgan fingerprint density at radius 2 is 2.33 bits per heavy atom. The maximum atomic E-state index is 11.7.